The van der Waals surface area contributed by atoms with Gasteiger partial charge in [-0.3, -0.25) is 9.89 Å². The smallest absolute Gasteiger partial charge is 0.410 e. The molecule has 0 aromatic heterocycles. The van der Waals surface area contributed by atoms with Gasteiger partial charge in [-0.1, -0.05) is 0 Å². The number of nitrogens with zero attached hydrogens (tertiary/aromatic N) is 4. The van der Waals surface area contributed by atoms with Gasteiger partial charge in [0.05, 0.1) is 6.34 Å². The van der Waals surface area contributed by atoms with Crippen LogP contribution in [0.5, 0.6) is 0 Å². The van der Waals surface area contributed by atoms with Crippen LogP contribution < -0.4 is 0 Å². The Labute approximate surface area is 150 Å². The molecule has 0 saturated carbocycles. The molecule has 1 atom stereocenters. The molecule has 1 rings (SSSR count). The predicted octanol–water partition coefficient (Wildman–Crippen LogP) is 2.39. The quantitative estimate of drug-likeness (QED) is 0.440. The number of urea groups is 1. The van der Waals surface area contributed by atoms with E-state index in [2.05, 4.69) is 4.99 Å². The number of hydrogen-bond donors (Lipinski definition) is 0. The molecular weight excluding hydrogens is 324 g/mol. The lowest BCUT2D eigenvalue weighted by atomic mass is 10.0. The molecule has 1 saturated heterocycles. The highest BCUT2D eigenvalue weighted by Gasteiger charge is 2.32. The number of piperidine rings is 1. The van der Waals surface area contributed by atoms with Crippen molar-refractivity contribution in [1.82, 2.24) is 14.7 Å². The Kier molecular flexibility index (Phi) is 7.66. The van der Waals surface area contributed by atoms with E-state index in [1.807, 2.05) is 20.8 Å². The van der Waals surface area contributed by atoms with Gasteiger partial charge in [0.2, 0.25) is 0 Å². The van der Waals surface area contributed by atoms with E-state index in [0.29, 0.717) is 25.9 Å². The number of methoxy groups -OCH3 is 1. The number of likely N-dealkylation sites (tertiary alicyclic amines) is 1. The zero-order valence-electron chi connectivity index (χ0n) is 16.5. The topological polar surface area (TPSA) is 74.7 Å². The van der Waals surface area contributed by atoms with Crippen molar-refractivity contribution in [2.45, 2.75) is 58.4 Å². The van der Waals surface area contributed by atoms with E-state index in [-0.39, 0.29) is 18.2 Å². The fourth-order valence-corrected chi connectivity index (χ4v) is 2.64. The van der Waals surface area contributed by atoms with Crippen LogP contribution >= 0.6 is 0 Å². The van der Waals surface area contributed by atoms with E-state index >= 15 is 0 Å². The molecule has 0 radical (unpaired) electrons. The van der Waals surface area contributed by atoms with E-state index in [4.69, 9.17) is 9.47 Å². The number of carbonyl (C=O) groups is 2. The number of rotatable bonds is 4. The molecule has 0 aliphatic carbocycles. The summed E-state index contributed by atoms with van der Waals surface area (Å²) in [6.45, 7) is 8.48. The van der Waals surface area contributed by atoms with E-state index in [1.54, 1.807) is 37.9 Å². The van der Waals surface area contributed by atoms with Gasteiger partial charge in [0, 0.05) is 40.3 Å². The molecule has 25 heavy (non-hydrogen) atoms. The van der Waals surface area contributed by atoms with Crippen molar-refractivity contribution < 1.29 is 19.1 Å². The van der Waals surface area contributed by atoms with E-state index < -0.39 is 11.8 Å². The van der Waals surface area contributed by atoms with Gasteiger partial charge in [0.1, 0.15) is 11.8 Å². The van der Waals surface area contributed by atoms with Crippen molar-refractivity contribution in [3.05, 3.63) is 0 Å². The SMILES string of the molecule is CN=CN(C(=O)N(C)C1CCN(C(=O)OC(C)(C)C)CC1)C(C)OC. The highest BCUT2D eigenvalue weighted by Crippen LogP contribution is 2.19. The molecule has 1 heterocycles. The van der Waals surface area contributed by atoms with Crippen LogP contribution in [-0.2, 0) is 9.47 Å². The third kappa shape index (κ3) is 6.19. The minimum absolute atomic E-state index is 0.0583. The lowest BCUT2D eigenvalue weighted by molar-refractivity contribution is 0.0133. The predicted molar refractivity (Wildman–Crippen MR) is 96.7 cm³/mol. The van der Waals surface area contributed by atoms with E-state index in [0.717, 1.165) is 0 Å². The normalized spacial score (nSPS) is 17.5. The summed E-state index contributed by atoms with van der Waals surface area (Å²) in [5.41, 5.74) is -0.503. The van der Waals surface area contributed by atoms with Crippen LogP contribution in [0, 0.1) is 0 Å². The third-order valence-electron chi connectivity index (χ3n) is 4.16. The first-order chi connectivity index (χ1) is 11.6. The largest absolute Gasteiger partial charge is 0.444 e. The summed E-state index contributed by atoms with van der Waals surface area (Å²) in [6, 6.07) is -0.112. The van der Waals surface area contributed by atoms with Crippen molar-refractivity contribution in [1.29, 1.82) is 0 Å². The molecule has 0 spiro atoms. The number of carbonyl (C=O) groups excluding carboxylic acids is 2. The Morgan fingerprint density at radius 2 is 1.84 bits per heavy atom. The molecule has 0 aromatic rings. The van der Waals surface area contributed by atoms with Crippen LogP contribution in [0.1, 0.15) is 40.5 Å². The van der Waals surface area contributed by atoms with Crippen molar-refractivity contribution in [3.8, 4) is 0 Å². The first-order valence-corrected chi connectivity index (χ1v) is 8.58. The third-order valence-corrected chi connectivity index (χ3v) is 4.16. The Morgan fingerprint density at radius 1 is 1.28 bits per heavy atom. The molecule has 8 nitrogen and oxygen atoms in total. The first-order valence-electron chi connectivity index (χ1n) is 8.58. The molecule has 3 amide bonds. The van der Waals surface area contributed by atoms with Gasteiger partial charge in [-0.05, 0) is 40.5 Å². The lowest BCUT2D eigenvalue weighted by Gasteiger charge is -2.39. The minimum atomic E-state index is -0.503. The second-order valence-electron chi connectivity index (χ2n) is 7.21. The van der Waals surface area contributed by atoms with Crippen LogP contribution in [0.15, 0.2) is 4.99 Å². The van der Waals surface area contributed by atoms with Gasteiger partial charge in [-0.2, -0.15) is 0 Å². The van der Waals surface area contributed by atoms with Gasteiger partial charge in [-0.25, -0.2) is 9.59 Å². The number of amides is 3. The zero-order chi connectivity index (χ0) is 19.2. The fraction of sp³-hybridized carbons (Fsp3) is 0.824. The fourth-order valence-electron chi connectivity index (χ4n) is 2.64. The van der Waals surface area contributed by atoms with Crippen molar-refractivity contribution in [3.63, 3.8) is 0 Å². The first kappa shape index (κ1) is 21.2. The Morgan fingerprint density at radius 3 is 2.28 bits per heavy atom. The number of aliphatic imine (C=N–C) groups is 1. The van der Waals surface area contributed by atoms with Crippen LogP contribution in [0.4, 0.5) is 9.59 Å². The summed E-state index contributed by atoms with van der Waals surface area (Å²) < 4.78 is 10.6. The average molecular weight is 356 g/mol. The van der Waals surface area contributed by atoms with Gasteiger partial charge in [-0.15, -0.1) is 0 Å². The standard InChI is InChI=1S/C17H32N4O4/c1-13(24-7)21(12-18-5)15(22)19(6)14-8-10-20(11-9-14)16(23)25-17(2,3)4/h12-14H,8-11H2,1-7H3. The summed E-state index contributed by atoms with van der Waals surface area (Å²) in [6.07, 6.45) is 2.19. The monoisotopic (exact) mass is 356 g/mol. The van der Waals surface area contributed by atoms with Gasteiger partial charge in [0.15, 0.2) is 0 Å². The van der Waals surface area contributed by atoms with Crippen molar-refractivity contribution in [2.24, 2.45) is 4.99 Å². The summed E-state index contributed by atoms with van der Waals surface area (Å²) in [5.74, 6) is 0. The molecule has 0 bridgehead atoms. The van der Waals surface area contributed by atoms with Crippen LogP contribution in [0.2, 0.25) is 0 Å². The Hall–Kier alpha value is -1.83. The summed E-state index contributed by atoms with van der Waals surface area (Å²) in [7, 11) is 4.94. The van der Waals surface area contributed by atoms with E-state index in [1.165, 1.54) is 11.2 Å². The maximum Gasteiger partial charge on any atom is 0.410 e. The molecule has 8 heteroatoms. The lowest BCUT2D eigenvalue weighted by Crippen LogP contribution is -2.53. The molecule has 0 aromatic carbocycles. The molecular formula is C17H32N4O4. The summed E-state index contributed by atoms with van der Waals surface area (Å²) in [4.78, 5) is 33.6. The second-order valence-corrected chi connectivity index (χ2v) is 7.21. The van der Waals surface area contributed by atoms with Crippen LogP contribution in [-0.4, -0.2) is 85.3 Å². The molecule has 1 fully saturated rings. The maximum atomic E-state index is 12.7. The van der Waals surface area contributed by atoms with Gasteiger partial charge >= 0.3 is 12.1 Å². The maximum absolute atomic E-state index is 12.7. The van der Waals surface area contributed by atoms with Crippen LogP contribution in [0.3, 0.4) is 0 Å². The van der Waals surface area contributed by atoms with Crippen molar-refractivity contribution in [2.75, 3.05) is 34.3 Å². The zero-order valence-corrected chi connectivity index (χ0v) is 16.5. The average Bonchev–Trinajstić information content (AvgIpc) is 2.56. The summed E-state index contributed by atoms with van der Waals surface area (Å²) in [5, 5.41) is 0. The van der Waals surface area contributed by atoms with Crippen LogP contribution in [0.25, 0.3) is 0 Å². The second kappa shape index (κ2) is 9.03. The van der Waals surface area contributed by atoms with Gasteiger partial charge in [0.25, 0.3) is 0 Å². The van der Waals surface area contributed by atoms with E-state index in [9.17, 15) is 9.59 Å². The minimum Gasteiger partial charge on any atom is -0.444 e. The molecule has 1 aliphatic heterocycles. The molecule has 1 aliphatic rings. The molecule has 144 valence electrons. The number of hydrogen-bond acceptors (Lipinski definition) is 5. The Bertz CT molecular complexity index is 482. The molecule has 1 unspecified atom stereocenters. The van der Waals surface area contributed by atoms with Crippen molar-refractivity contribution >= 4 is 18.5 Å². The number of ether oxygens (including phenoxy) is 2. The molecule has 0 N–H and O–H groups in total. The highest BCUT2D eigenvalue weighted by molar-refractivity contribution is 5.86. The summed E-state index contributed by atoms with van der Waals surface area (Å²) >= 11 is 0. The Balaban J connectivity index is 2.63. The van der Waals surface area contributed by atoms with Gasteiger partial charge < -0.3 is 19.3 Å². The highest BCUT2D eigenvalue weighted by atomic mass is 16.6.